The van der Waals surface area contributed by atoms with E-state index < -0.39 is 0 Å². The Bertz CT molecular complexity index is 438. The number of benzene rings is 1. The standard InChI is InChI=1S/C10H16.C8H8/c1-9(2)8-4-6-10(9,3)7-5-8;1-2-8-6-4-3-5-7-8/h4,6,8H,5,7H2,1-3H3;2-7H,1H2. The second kappa shape index (κ2) is 4.76. The molecule has 0 amide bonds. The van der Waals surface area contributed by atoms with Gasteiger partial charge < -0.3 is 0 Å². The van der Waals surface area contributed by atoms with Crippen LogP contribution >= 0.6 is 0 Å². The van der Waals surface area contributed by atoms with Crippen LogP contribution in [-0.4, -0.2) is 0 Å². The van der Waals surface area contributed by atoms with Gasteiger partial charge in [-0.3, -0.25) is 0 Å². The number of rotatable bonds is 1. The minimum atomic E-state index is 0.525. The second-order valence-electron chi connectivity index (χ2n) is 6.26. The summed E-state index contributed by atoms with van der Waals surface area (Å²) in [4.78, 5) is 0. The van der Waals surface area contributed by atoms with E-state index in [4.69, 9.17) is 0 Å². The largest absolute Gasteiger partial charge is 0.0985 e. The normalized spacial score (nSPS) is 30.7. The van der Waals surface area contributed by atoms with Gasteiger partial charge in [0.05, 0.1) is 0 Å². The number of hydrogen-bond donors (Lipinski definition) is 0. The molecule has 2 bridgehead atoms. The molecule has 0 spiro atoms. The van der Waals surface area contributed by atoms with Crippen molar-refractivity contribution in [2.24, 2.45) is 16.7 Å². The number of fused-ring (bicyclic) bond motifs is 2. The van der Waals surface area contributed by atoms with E-state index in [0.29, 0.717) is 10.8 Å². The van der Waals surface area contributed by atoms with Crippen LogP contribution in [0.2, 0.25) is 0 Å². The minimum absolute atomic E-state index is 0.525. The first-order valence-corrected chi connectivity index (χ1v) is 6.86. The van der Waals surface area contributed by atoms with Crippen LogP contribution in [0.5, 0.6) is 0 Å². The summed E-state index contributed by atoms with van der Waals surface area (Å²) in [5, 5.41) is 0. The van der Waals surface area contributed by atoms with Crippen molar-refractivity contribution in [3.63, 3.8) is 0 Å². The van der Waals surface area contributed by atoms with Gasteiger partial charge in [-0.15, -0.1) is 0 Å². The van der Waals surface area contributed by atoms with Crippen molar-refractivity contribution >= 4 is 6.08 Å². The van der Waals surface area contributed by atoms with Gasteiger partial charge in [-0.25, -0.2) is 0 Å². The average Bonchev–Trinajstić information content (AvgIpc) is 2.75. The van der Waals surface area contributed by atoms with Gasteiger partial charge in [0.15, 0.2) is 0 Å². The van der Waals surface area contributed by atoms with Crippen molar-refractivity contribution in [1.29, 1.82) is 0 Å². The first-order valence-electron chi connectivity index (χ1n) is 6.86. The van der Waals surface area contributed by atoms with Gasteiger partial charge in [-0.2, -0.15) is 0 Å². The molecule has 2 aliphatic carbocycles. The lowest BCUT2D eigenvalue weighted by Crippen LogP contribution is -2.27. The van der Waals surface area contributed by atoms with Crippen LogP contribution in [0.1, 0.15) is 39.2 Å². The predicted octanol–water partition coefficient (Wildman–Crippen LogP) is 5.33. The summed E-state index contributed by atoms with van der Waals surface area (Å²) in [6.45, 7) is 10.8. The van der Waals surface area contributed by atoms with Crippen molar-refractivity contribution in [3.8, 4) is 0 Å². The van der Waals surface area contributed by atoms with Crippen LogP contribution in [0.15, 0.2) is 49.1 Å². The van der Waals surface area contributed by atoms with Gasteiger partial charge in [-0.05, 0) is 35.2 Å². The Morgan fingerprint density at radius 1 is 1.17 bits per heavy atom. The Morgan fingerprint density at radius 3 is 2.06 bits per heavy atom. The van der Waals surface area contributed by atoms with Crippen molar-refractivity contribution < 1.29 is 0 Å². The fraction of sp³-hybridized carbons (Fsp3) is 0.444. The van der Waals surface area contributed by atoms with E-state index in [1.807, 2.05) is 36.4 Å². The summed E-state index contributed by atoms with van der Waals surface area (Å²) in [6, 6.07) is 10.0. The lowest BCUT2D eigenvalue weighted by Gasteiger charge is -2.33. The molecule has 0 heteroatoms. The Morgan fingerprint density at radius 2 is 1.83 bits per heavy atom. The fourth-order valence-corrected chi connectivity index (χ4v) is 3.11. The highest BCUT2D eigenvalue weighted by Gasteiger charge is 2.52. The summed E-state index contributed by atoms with van der Waals surface area (Å²) >= 11 is 0. The number of hydrogen-bond acceptors (Lipinski definition) is 0. The molecule has 96 valence electrons. The van der Waals surface area contributed by atoms with Gasteiger partial charge in [0.2, 0.25) is 0 Å². The summed E-state index contributed by atoms with van der Waals surface area (Å²) in [5.74, 6) is 0.873. The molecule has 0 aromatic heterocycles. The first kappa shape index (κ1) is 13.1. The van der Waals surface area contributed by atoms with Crippen molar-refractivity contribution in [1.82, 2.24) is 0 Å². The van der Waals surface area contributed by atoms with E-state index in [0.717, 1.165) is 5.92 Å². The molecule has 2 unspecified atom stereocenters. The molecule has 0 saturated heterocycles. The third-order valence-corrected chi connectivity index (χ3v) is 5.11. The maximum Gasteiger partial charge on any atom is -0.00895 e. The Labute approximate surface area is 111 Å². The molecular weight excluding hydrogens is 216 g/mol. The van der Waals surface area contributed by atoms with Crippen LogP contribution in [0.4, 0.5) is 0 Å². The monoisotopic (exact) mass is 240 g/mol. The van der Waals surface area contributed by atoms with E-state index in [1.165, 1.54) is 18.4 Å². The zero-order valence-corrected chi connectivity index (χ0v) is 11.8. The molecule has 0 aliphatic heterocycles. The quantitative estimate of drug-likeness (QED) is 0.582. The van der Waals surface area contributed by atoms with Crippen LogP contribution in [0.25, 0.3) is 6.08 Å². The van der Waals surface area contributed by atoms with Gasteiger partial charge in [0, 0.05) is 0 Å². The van der Waals surface area contributed by atoms with E-state index >= 15 is 0 Å². The highest BCUT2D eigenvalue weighted by atomic mass is 14.6. The molecular formula is C18H24. The Balaban J connectivity index is 0.000000138. The third kappa shape index (κ3) is 2.16. The van der Waals surface area contributed by atoms with Crippen molar-refractivity contribution in [2.75, 3.05) is 0 Å². The second-order valence-corrected chi connectivity index (χ2v) is 6.26. The molecule has 1 aromatic carbocycles. The molecule has 0 heterocycles. The van der Waals surface area contributed by atoms with Gasteiger partial charge in [0.1, 0.15) is 0 Å². The van der Waals surface area contributed by atoms with Gasteiger partial charge in [0.25, 0.3) is 0 Å². The van der Waals surface area contributed by atoms with Crippen LogP contribution in [-0.2, 0) is 0 Å². The van der Waals surface area contributed by atoms with E-state index in [9.17, 15) is 0 Å². The van der Waals surface area contributed by atoms with E-state index in [-0.39, 0.29) is 0 Å². The zero-order chi connectivity index (χ0) is 13.2. The maximum absolute atomic E-state index is 3.63. The Hall–Kier alpha value is -1.30. The van der Waals surface area contributed by atoms with Crippen LogP contribution in [0, 0.1) is 16.7 Å². The fourth-order valence-electron chi connectivity index (χ4n) is 3.11. The highest BCUT2D eigenvalue weighted by Crippen LogP contribution is 2.61. The van der Waals surface area contributed by atoms with Crippen LogP contribution in [0.3, 0.4) is 0 Å². The number of allylic oxidation sites excluding steroid dienone is 2. The lowest BCUT2D eigenvalue weighted by atomic mass is 9.71. The molecule has 0 radical (unpaired) electrons. The molecule has 18 heavy (non-hydrogen) atoms. The highest BCUT2D eigenvalue weighted by molar-refractivity contribution is 5.45. The molecule has 1 fully saturated rings. The summed E-state index contributed by atoms with van der Waals surface area (Å²) in [5.41, 5.74) is 2.25. The summed E-state index contributed by atoms with van der Waals surface area (Å²) < 4.78 is 0. The maximum atomic E-state index is 3.63. The molecule has 2 aliphatic rings. The smallest absolute Gasteiger partial charge is 0.00895 e. The molecule has 1 aromatic rings. The van der Waals surface area contributed by atoms with E-state index in [2.05, 4.69) is 39.5 Å². The topological polar surface area (TPSA) is 0 Å². The minimum Gasteiger partial charge on any atom is -0.0985 e. The molecule has 2 atom stereocenters. The molecule has 0 nitrogen and oxygen atoms in total. The summed E-state index contributed by atoms with van der Waals surface area (Å²) in [7, 11) is 0. The predicted molar refractivity (Wildman–Crippen MR) is 80.3 cm³/mol. The molecule has 1 saturated carbocycles. The lowest BCUT2D eigenvalue weighted by molar-refractivity contribution is 0.182. The summed E-state index contributed by atoms with van der Waals surface area (Å²) in [6.07, 6.45) is 9.51. The average molecular weight is 240 g/mol. The zero-order valence-electron chi connectivity index (χ0n) is 11.8. The molecule has 3 rings (SSSR count). The SMILES string of the molecule is C=Cc1ccccc1.CC12C=CC(CC1)C2(C)C. The van der Waals surface area contributed by atoms with Crippen molar-refractivity contribution in [3.05, 3.63) is 54.6 Å². The van der Waals surface area contributed by atoms with Crippen LogP contribution < -0.4 is 0 Å². The van der Waals surface area contributed by atoms with E-state index in [1.54, 1.807) is 0 Å². The van der Waals surface area contributed by atoms with Gasteiger partial charge in [-0.1, -0.05) is 75.9 Å². The van der Waals surface area contributed by atoms with Gasteiger partial charge >= 0.3 is 0 Å². The molecule has 0 N–H and O–H groups in total. The first-order chi connectivity index (χ1) is 8.49. The Kier molecular flexibility index (Phi) is 3.47. The third-order valence-electron chi connectivity index (χ3n) is 5.11. The van der Waals surface area contributed by atoms with Crippen molar-refractivity contribution in [2.45, 2.75) is 33.6 Å².